The number of rotatable bonds is 0. The predicted molar refractivity (Wildman–Crippen MR) is 89.8 cm³/mol. The van der Waals surface area contributed by atoms with Crippen molar-refractivity contribution in [3.05, 3.63) is 23.5 Å². The largest absolute Gasteiger partial charge is 0.515 e. The fourth-order valence-corrected chi connectivity index (χ4v) is 6.73. The number of hydrogen-bond acceptors (Lipinski definition) is 3. The van der Waals surface area contributed by atoms with Crippen LogP contribution >= 0.6 is 0 Å². The topological polar surface area (TPSA) is 60.7 Å². The van der Waals surface area contributed by atoms with Crippen LogP contribution in [0.1, 0.15) is 58.8 Å². The van der Waals surface area contributed by atoms with Gasteiger partial charge in [-0.15, -0.1) is 0 Å². The van der Waals surface area contributed by atoms with E-state index in [-0.39, 0.29) is 23.0 Å². The first-order valence-electron chi connectivity index (χ1n) is 9.32. The molecule has 3 saturated carbocycles. The van der Waals surface area contributed by atoms with E-state index in [1.165, 1.54) is 11.8 Å². The van der Waals surface area contributed by atoms with Crippen LogP contribution in [0, 0.1) is 28.6 Å². The molecular weight excluding hydrogens is 288 g/mol. The molecule has 4 rings (SSSR count). The van der Waals surface area contributed by atoms with Crippen LogP contribution in [0.25, 0.3) is 0 Å². The Morgan fingerprint density at radius 1 is 1.04 bits per heavy atom. The zero-order valence-electron chi connectivity index (χ0n) is 14.3. The molecule has 0 heterocycles. The molecule has 7 atom stereocenters. The van der Waals surface area contributed by atoms with Gasteiger partial charge in [0.1, 0.15) is 0 Å². The van der Waals surface area contributed by atoms with E-state index in [0.717, 1.165) is 50.5 Å². The normalized spacial score (nSPS) is 54.2. The molecule has 0 radical (unpaired) electrons. The van der Waals surface area contributed by atoms with Crippen molar-refractivity contribution in [3.63, 3.8) is 0 Å². The molecule has 0 saturated heterocycles. The Morgan fingerprint density at radius 3 is 2.57 bits per heavy atom. The summed E-state index contributed by atoms with van der Waals surface area (Å²) in [5, 5.41) is 30.4. The van der Waals surface area contributed by atoms with Crippen LogP contribution in [-0.2, 0) is 0 Å². The molecule has 0 bridgehead atoms. The number of hydrogen-bond donors (Lipinski definition) is 3. The van der Waals surface area contributed by atoms with Gasteiger partial charge in [0.05, 0.1) is 18.5 Å². The standard InChI is InChI=1S/C20H30O3/c1-19-7-5-13(22)10-17(19)12(11-21)9-14-15-3-4-18(23)20(15,2)8-6-16(14)19/h10-11,13-16,18,21-23H,3-9H2,1-2H3/b12-11+/t13-,14-,15-,16-,18-,19+,20-/m0/s1. The summed E-state index contributed by atoms with van der Waals surface area (Å²) < 4.78 is 0. The summed E-state index contributed by atoms with van der Waals surface area (Å²) in [7, 11) is 0. The summed E-state index contributed by atoms with van der Waals surface area (Å²) >= 11 is 0. The third-order valence-electron chi connectivity index (χ3n) is 8.10. The molecule has 3 fully saturated rings. The van der Waals surface area contributed by atoms with Crippen molar-refractivity contribution in [1.29, 1.82) is 0 Å². The second kappa shape index (κ2) is 5.10. The van der Waals surface area contributed by atoms with Crippen molar-refractivity contribution >= 4 is 0 Å². The molecule has 0 aromatic carbocycles. The molecule has 3 N–H and O–H groups in total. The van der Waals surface area contributed by atoms with Crippen LogP contribution in [0.4, 0.5) is 0 Å². The number of fused-ring (bicyclic) bond motifs is 5. The molecule has 0 aromatic heterocycles. The summed E-state index contributed by atoms with van der Waals surface area (Å²) in [5.41, 5.74) is 2.36. The van der Waals surface area contributed by atoms with Crippen molar-refractivity contribution in [3.8, 4) is 0 Å². The molecule has 4 aliphatic carbocycles. The lowest BCUT2D eigenvalue weighted by molar-refractivity contribution is -0.0690. The maximum atomic E-state index is 10.5. The lowest BCUT2D eigenvalue weighted by atomic mass is 9.46. The van der Waals surface area contributed by atoms with Crippen molar-refractivity contribution in [2.75, 3.05) is 0 Å². The molecule has 0 amide bonds. The molecule has 3 nitrogen and oxygen atoms in total. The second-order valence-corrected chi connectivity index (χ2v) is 8.98. The Bertz CT molecular complexity index is 565. The fraction of sp³-hybridized carbons (Fsp3) is 0.800. The molecule has 3 heteroatoms. The molecule has 0 aromatic rings. The van der Waals surface area contributed by atoms with Gasteiger partial charge >= 0.3 is 0 Å². The van der Waals surface area contributed by atoms with Gasteiger partial charge in [0.2, 0.25) is 0 Å². The van der Waals surface area contributed by atoms with Gasteiger partial charge in [-0.05, 0) is 84.7 Å². The van der Waals surface area contributed by atoms with E-state index < -0.39 is 0 Å². The second-order valence-electron chi connectivity index (χ2n) is 8.98. The smallest absolute Gasteiger partial charge is 0.0826 e. The SMILES string of the molecule is C[C@]12CC[C@H]3[C@@H](C/C(=C\O)C4=C[C@@H](O)CC[C@@]43C)[C@@H]1CC[C@@H]2O. The van der Waals surface area contributed by atoms with E-state index in [1.807, 2.05) is 6.08 Å². The average Bonchev–Trinajstić information content (AvgIpc) is 2.83. The van der Waals surface area contributed by atoms with Gasteiger partial charge in [-0.1, -0.05) is 19.9 Å². The Kier molecular flexibility index (Phi) is 3.48. The molecule has 0 spiro atoms. The Hall–Kier alpha value is -0.800. The lowest BCUT2D eigenvalue weighted by Crippen LogP contribution is -2.52. The summed E-state index contributed by atoms with van der Waals surface area (Å²) in [4.78, 5) is 0. The van der Waals surface area contributed by atoms with E-state index in [9.17, 15) is 15.3 Å². The zero-order valence-corrected chi connectivity index (χ0v) is 14.3. The highest BCUT2D eigenvalue weighted by Gasteiger charge is 2.59. The minimum atomic E-state index is -0.369. The van der Waals surface area contributed by atoms with Crippen LogP contribution in [0.2, 0.25) is 0 Å². The summed E-state index contributed by atoms with van der Waals surface area (Å²) in [5.74, 6) is 1.74. The number of allylic oxidation sites excluding steroid dienone is 2. The summed E-state index contributed by atoms with van der Waals surface area (Å²) in [6.45, 7) is 4.63. The van der Waals surface area contributed by atoms with Gasteiger partial charge in [0, 0.05) is 0 Å². The molecule has 4 aliphatic rings. The maximum Gasteiger partial charge on any atom is 0.0826 e. The van der Waals surface area contributed by atoms with Crippen LogP contribution in [0.3, 0.4) is 0 Å². The van der Waals surface area contributed by atoms with Crippen LogP contribution in [0.15, 0.2) is 23.5 Å². The van der Waals surface area contributed by atoms with Gasteiger partial charge in [0.15, 0.2) is 0 Å². The zero-order chi connectivity index (χ0) is 16.4. The minimum Gasteiger partial charge on any atom is -0.515 e. The highest BCUT2D eigenvalue weighted by molar-refractivity contribution is 5.42. The van der Waals surface area contributed by atoms with Crippen molar-refractivity contribution in [2.24, 2.45) is 28.6 Å². The van der Waals surface area contributed by atoms with Crippen LogP contribution in [-0.4, -0.2) is 27.5 Å². The Balaban J connectivity index is 1.76. The quantitative estimate of drug-likeness (QED) is 0.597. The summed E-state index contributed by atoms with van der Waals surface area (Å²) in [6, 6.07) is 0. The monoisotopic (exact) mass is 318 g/mol. The van der Waals surface area contributed by atoms with E-state index >= 15 is 0 Å². The number of aliphatic hydroxyl groups is 3. The summed E-state index contributed by atoms with van der Waals surface area (Å²) in [6.07, 6.45) is 9.82. The van der Waals surface area contributed by atoms with Crippen molar-refractivity contribution < 1.29 is 15.3 Å². The minimum absolute atomic E-state index is 0.0630. The van der Waals surface area contributed by atoms with E-state index in [1.54, 1.807) is 0 Å². The van der Waals surface area contributed by atoms with E-state index in [0.29, 0.717) is 17.8 Å². The average molecular weight is 318 g/mol. The van der Waals surface area contributed by atoms with E-state index in [4.69, 9.17) is 0 Å². The third-order valence-corrected chi connectivity index (χ3v) is 8.10. The molecule has 128 valence electrons. The first-order valence-corrected chi connectivity index (χ1v) is 9.32. The Morgan fingerprint density at radius 2 is 1.83 bits per heavy atom. The number of aliphatic hydroxyl groups excluding tert-OH is 3. The third kappa shape index (κ3) is 2.02. The lowest BCUT2D eigenvalue weighted by Gasteiger charge is -2.58. The first-order chi connectivity index (χ1) is 10.9. The van der Waals surface area contributed by atoms with Gasteiger partial charge in [-0.2, -0.15) is 0 Å². The highest BCUT2D eigenvalue weighted by atomic mass is 16.3. The fourth-order valence-electron chi connectivity index (χ4n) is 6.73. The predicted octanol–water partition coefficient (Wildman–Crippen LogP) is 3.72. The van der Waals surface area contributed by atoms with Gasteiger partial charge in [0.25, 0.3) is 0 Å². The van der Waals surface area contributed by atoms with Gasteiger partial charge in [-0.3, -0.25) is 0 Å². The molecular formula is C20H30O3. The van der Waals surface area contributed by atoms with Gasteiger partial charge < -0.3 is 15.3 Å². The van der Waals surface area contributed by atoms with Gasteiger partial charge in [-0.25, -0.2) is 0 Å². The van der Waals surface area contributed by atoms with Crippen LogP contribution < -0.4 is 0 Å². The first kappa shape index (κ1) is 15.7. The molecule has 0 aliphatic heterocycles. The maximum absolute atomic E-state index is 10.5. The molecule has 0 unspecified atom stereocenters. The van der Waals surface area contributed by atoms with Crippen molar-refractivity contribution in [2.45, 2.75) is 71.0 Å². The Labute approximate surface area is 139 Å². The van der Waals surface area contributed by atoms with Crippen molar-refractivity contribution in [1.82, 2.24) is 0 Å². The van der Waals surface area contributed by atoms with Crippen LogP contribution in [0.5, 0.6) is 0 Å². The molecule has 23 heavy (non-hydrogen) atoms. The highest BCUT2D eigenvalue weighted by Crippen LogP contribution is 2.66. The van der Waals surface area contributed by atoms with E-state index in [2.05, 4.69) is 13.8 Å².